The van der Waals surface area contributed by atoms with E-state index in [9.17, 15) is 4.39 Å². The molecule has 1 aromatic heterocycles. The molecular weight excluding hydrogens is 261 g/mol. The van der Waals surface area contributed by atoms with E-state index in [1.54, 1.807) is 30.6 Å². The number of methoxy groups -OCH3 is 1. The van der Waals surface area contributed by atoms with Gasteiger partial charge in [-0.3, -0.25) is 0 Å². The van der Waals surface area contributed by atoms with Crippen molar-refractivity contribution in [2.45, 2.75) is 18.9 Å². The predicted molar refractivity (Wildman–Crippen MR) is 76.4 cm³/mol. The molecule has 1 atom stereocenters. The van der Waals surface area contributed by atoms with Crippen molar-refractivity contribution in [1.82, 2.24) is 0 Å². The highest BCUT2D eigenvalue weighted by Gasteiger charge is 2.33. The molecule has 1 unspecified atom stereocenters. The van der Waals surface area contributed by atoms with Gasteiger partial charge in [-0.1, -0.05) is 6.07 Å². The fraction of sp³-hybridized carbons (Fsp3) is 0.333. The van der Waals surface area contributed by atoms with Gasteiger partial charge in [0.15, 0.2) is 0 Å². The molecule has 0 aliphatic heterocycles. The van der Waals surface area contributed by atoms with E-state index in [1.165, 1.54) is 23.8 Å². The van der Waals surface area contributed by atoms with Crippen LogP contribution in [0.15, 0.2) is 35.7 Å². The van der Waals surface area contributed by atoms with E-state index in [-0.39, 0.29) is 11.9 Å². The zero-order chi connectivity index (χ0) is 13.2. The van der Waals surface area contributed by atoms with Crippen LogP contribution in [0.3, 0.4) is 0 Å². The second-order valence-corrected chi connectivity index (χ2v) is 5.80. The van der Waals surface area contributed by atoms with Crippen LogP contribution in [0.1, 0.15) is 23.8 Å². The Morgan fingerprint density at radius 2 is 2.21 bits per heavy atom. The Balaban J connectivity index is 1.86. The average molecular weight is 277 g/mol. The van der Waals surface area contributed by atoms with Gasteiger partial charge in [-0.25, -0.2) is 4.39 Å². The lowest BCUT2D eigenvalue weighted by atomic mass is 10.1. The maximum Gasteiger partial charge on any atom is 0.146 e. The molecule has 4 heteroatoms. The summed E-state index contributed by atoms with van der Waals surface area (Å²) in [5.74, 6) is 1.05. The summed E-state index contributed by atoms with van der Waals surface area (Å²) >= 11 is 1.72. The Kier molecular flexibility index (Phi) is 3.42. The molecule has 1 fully saturated rings. The summed E-state index contributed by atoms with van der Waals surface area (Å²) in [7, 11) is 1.59. The van der Waals surface area contributed by atoms with Gasteiger partial charge in [0.1, 0.15) is 11.6 Å². The zero-order valence-electron chi connectivity index (χ0n) is 10.7. The molecule has 1 aromatic carbocycles. The van der Waals surface area contributed by atoms with Crippen molar-refractivity contribution in [2.75, 3.05) is 12.4 Å². The van der Waals surface area contributed by atoms with Crippen molar-refractivity contribution in [3.8, 4) is 5.75 Å². The second-order valence-electron chi connectivity index (χ2n) is 4.82. The van der Waals surface area contributed by atoms with Crippen molar-refractivity contribution in [3.63, 3.8) is 0 Å². The third-order valence-corrected chi connectivity index (χ3v) is 4.38. The standard InChI is InChI=1S/C15H16FNOS/c1-18-11-6-7-12(16)13(9-11)17-15(10-4-5-10)14-3-2-8-19-14/h2-3,6-10,15,17H,4-5H2,1H3. The van der Waals surface area contributed by atoms with Gasteiger partial charge in [0.25, 0.3) is 0 Å². The predicted octanol–water partition coefficient (Wildman–Crippen LogP) is 4.46. The van der Waals surface area contributed by atoms with E-state index < -0.39 is 0 Å². The molecule has 1 N–H and O–H groups in total. The summed E-state index contributed by atoms with van der Waals surface area (Å²) in [4.78, 5) is 1.27. The van der Waals surface area contributed by atoms with E-state index in [0.717, 1.165) is 0 Å². The minimum Gasteiger partial charge on any atom is -0.497 e. The smallest absolute Gasteiger partial charge is 0.146 e. The van der Waals surface area contributed by atoms with E-state index in [1.807, 2.05) is 6.07 Å². The SMILES string of the molecule is COc1ccc(F)c(NC(c2cccs2)C2CC2)c1. The number of benzene rings is 1. The quantitative estimate of drug-likeness (QED) is 0.871. The molecule has 0 bridgehead atoms. The Hall–Kier alpha value is -1.55. The maximum absolute atomic E-state index is 13.9. The van der Waals surface area contributed by atoms with Gasteiger partial charge < -0.3 is 10.1 Å². The van der Waals surface area contributed by atoms with Crippen LogP contribution in [-0.2, 0) is 0 Å². The number of hydrogen-bond donors (Lipinski definition) is 1. The van der Waals surface area contributed by atoms with Crippen LogP contribution in [0.5, 0.6) is 5.75 Å². The highest BCUT2D eigenvalue weighted by Crippen LogP contribution is 2.44. The van der Waals surface area contributed by atoms with Crippen LogP contribution in [-0.4, -0.2) is 7.11 Å². The molecule has 1 aliphatic carbocycles. The molecule has 19 heavy (non-hydrogen) atoms. The van der Waals surface area contributed by atoms with Gasteiger partial charge in [0.2, 0.25) is 0 Å². The zero-order valence-corrected chi connectivity index (χ0v) is 11.5. The van der Waals surface area contributed by atoms with Gasteiger partial charge in [-0.2, -0.15) is 0 Å². The Morgan fingerprint density at radius 1 is 1.37 bits per heavy atom. The van der Waals surface area contributed by atoms with E-state index in [4.69, 9.17) is 4.74 Å². The van der Waals surface area contributed by atoms with Crippen LogP contribution in [0.4, 0.5) is 10.1 Å². The molecule has 2 aromatic rings. The largest absolute Gasteiger partial charge is 0.497 e. The van der Waals surface area contributed by atoms with Crippen LogP contribution >= 0.6 is 11.3 Å². The summed E-state index contributed by atoms with van der Waals surface area (Å²) in [6.45, 7) is 0. The fourth-order valence-corrected chi connectivity index (χ4v) is 3.10. The van der Waals surface area contributed by atoms with Gasteiger partial charge in [-0.15, -0.1) is 11.3 Å². The lowest BCUT2D eigenvalue weighted by Crippen LogP contribution is -2.12. The molecule has 0 saturated heterocycles. The summed E-state index contributed by atoms with van der Waals surface area (Å²) in [5, 5.41) is 5.41. The molecule has 0 amide bonds. The molecule has 2 nitrogen and oxygen atoms in total. The second kappa shape index (κ2) is 5.21. The third-order valence-electron chi connectivity index (χ3n) is 3.43. The van der Waals surface area contributed by atoms with Crippen LogP contribution < -0.4 is 10.1 Å². The summed E-state index contributed by atoms with van der Waals surface area (Å²) in [6, 6.07) is 9.16. The number of anilines is 1. The highest BCUT2D eigenvalue weighted by atomic mass is 32.1. The van der Waals surface area contributed by atoms with Crippen molar-refractivity contribution >= 4 is 17.0 Å². The van der Waals surface area contributed by atoms with Crippen LogP contribution in [0, 0.1) is 11.7 Å². The van der Waals surface area contributed by atoms with Gasteiger partial charge >= 0.3 is 0 Å². The number of nitrogens with one attached hydrogen (secondary N) is 1. The molecule has 0 radical (unpaired) electrons. The Bertz CT molecular complexity index is 551. The summed E-state index contributed by atoms with van der Waals surface area (Å²) in [5.41, 5.74) is 0.518. The number of ether oxygens (including phenoxy) is 1. The lowest BCUT2D eigenvalue weighted by molar-refractivity contribution is 0.414. The first-order valence-corrected chi connectivity index (χ1v) is 7.29. The van der Waals surface area contributed by atoms with Crippen molar-refractivity contribution < 1.29 is 9.13 Å². The molecule has 1 heterocycles. The van der Waals surface area contributed by atoms with Crippen LogP contribution in [0.25, 0.3) is 0 Å². The van der Waals surface area contributed by atoms with E-state index in [0.29, 0.717) is 17.4 Å². The molecule has 100 valence electrons. The van der Waals surface area contributed by atoms with E-state index in [2.05, 4.69) is 16.8 Å². The normalized spacial score (nSPS) is 16.1. The minimum absolute atomic E-state index is 0.210. The Morgan fingerprint density at radius 3 is 2.84 bits per heavy atom. The minimum atomic E-state index is -0.233. The number of halogens is 1. The van der Waals surface area contributed by atoms with Crippen LogP contribution in [0.2, 0.25) is 0 Å². The van der Waals surface area contributed by atoms with Gasteiger partial charge in [-0.05, 0) is 42.3 Å². The molecule has 1 aliphatic rings. The first-order chi connectivity index (χ1) is 9.28. The molecular formula is C15H16FNOS. The average Bonchev–Trinajstić information content (AvgIpc) is 3.12. The topological polar surface area (TPSA) is 21.3 Å². The van der Waals surface area contributed by atoms with Gasteiger partial charge in [0.05, 0.1) is 18.8 Å². The molecule has 0 spiro atoms. The number of hydrogen-bond acceptors (Lipinski definition) is 3. The Labute approximate surface area is 116 Å². The highest BCUT2D eigenvalue weighted by molar-refractivity contribution is 7.10. The van der Waals surface area contributed by atoms with Crippen molar-refractivity contribution in [1.29, 1.82) is 0 Å². The fourth-order valence-electron chi connectivity index (χ4n) is 2.23. The first kappa shape index (κ1) is 12.5. The third kappa shape index (κ3) is 2.73. The summed E-state index contributed by atoms with van der Waals surface area (Å²) < 4.78 is 19.0. The number of thiophene rings is 1. The van der Waals surface area contributed by atoms with Crippen molar-refractivity contribution in [3.05, 3.63) is 46.4 Å². The number of rotatable bonds is 5. The van der Waals surface area contributed by atoms with E-state index >= 15 is 0 Å². The maximum atomic E-state index is 13.9. The monoisotopic (exact) mass is 277 g/mol. The van der Waals surface area contributed by atoms with Crippen molar-refractivity contribution in [2.24, 2.45) is 5.92 Å². The molecule has 1 saturated carbocycles. The van der Waals surface area contributed by atoms with Gasteiger partial charge in [0, 0.05) is 10.9 Å². The lowest BCUT2D eigenvalue weighted by Gasteiger charge is -2.19. The first-order valence-electron chi connectivity index (χ1n) is 6.41. The summed E-state index contributed by atoms with van der Waals surface area (Å²) in [6.07, 6.45) is 2.42. The molecule has 3 rings (SSSR count).